The summed E-state index contributed by atoms with van der Waals surface area (Å²) in [6.07, 6.45) is 1.88. The van der Waals surface area contributed by atoms with Crippen molar-refractivity contribution >= 4 is 24.8 Å². The van der Waals surface area contributed by atoms with E-state index in [1.807, 2.05) is 18.2 Å². The maximum atomic E-state index is 12.1. The summed E-state index contributed by atoms with van der Waals surface area (Å²) in [5.41, 5.74) is 1.04. The molecule has 120 valence electrons. The number of hydrogen-bond acceptors (Lipinski definition) is 3. The number of alkyl halides is 2. The van der Waals surface area contributed by atoms with Gasteiger partial charge in [0.25, 0.3) is 0 Å². The molecule has 0 radical (unpaired) electrons. The van der Waals surface area contributed by atoms with Gasteiger partial charge in [0.2, 0.25) is 0 Å². The minimum Gasteiger partial charge on any atom is -0.435 e. The van der Waals surface area contributed by atoms with E-state index in [4.69, 9.17) is 0 Å². The average molecular weight is 341 g/mol. The van der Waals surface area contributed by atoms with Crippen LogP contribution in [0.1, 0.15) is 11.6 Å². The molecule has 2 rings (SSSR count). The molecule has 21 heavy (non-hydrogen) atoms. The van der Waals surface area contributed by atoms with E-state index in [-0.39, 0.29) is 36.6 Å². The third-order valence-corrected chi connectivity index (χ3v) is 3.22. The number of hydrogen-bond donors (Lipinski definition) is 1. The molecule has 7 heteroatoms. The number of nitrogens with one attached hydrogen (secondary N) is 1. The highest BCUT2D eigenvalue weighted by Gasteiger charge is 2.19. The first-order valence-electron chi connectivity index (χ1n) is 6.33. The van der Waals surface area contributed by atoms with Crippen molar-refractivity contribution in [2.45, 2.75) is 12.7 Å². The fraction of sp³-hybridized carbons (Fsp3) is 0.429. The van der Waals surface area contributed by atoms with Crippen molar-refractivity contribution in [3.05, 3.63) is 42.5 Å². The topological polar surface area (TPSA) is 24.5 Å². The summed E-state index contributed by atoms with van der Waals surface area (Å²) in [7, 11) is 0. The molecule has 0 unspecified atom stereocenters. The van der Waals surface area contributed by atoms with Gasteiger partial charge in [-0.3, -0.25) is 4.90 Å². The first-order chi connectivity index (χ1) is 9.20. The Morgan fingerprint density at radius 1 is 1.14 bits per heavy atom. The Labute approximate surface area is 136 Å². The van der Waals surface area contributed by atoms with Crippen LogP contribution < -0.4 is 10.1 Å². The summed E-state index contributed by atoms with van der Waals surface area (Å²) in [6.45, 7) is 4.90. The van der Waals surface area contributed by atoms with Gasteiger partial charge in [0.05, 0.1) is 6.04 Å². The van der Waals surface area contributed by atoms with Crippen molar-refractivity contribution in [1.82, 2.24) is 10.2 Å². The van der Waals surface area contributed by atoms with Crippen molar-refractivity contribution < 1.29 is 13.5 Å². The molecule has 1 heterocycles. The fourth-order valence-electron chi connectivity index (χ4n) is 2.30. The van der Waals surface area contributed by atoms with Gasteiger partial charge in [-0.25, -0.2) is 0 Å². The smallest absolute Gasteiger partial charge is 0.387 e. The highest BCUT2D eigenvalue weighted by Crippen LogP contribution is 2.24. The molecule has 1 aromatic rings. The van der Waals surface area contributed by atoms with E-state index in [9.17, 15) is 8.78 Å². The van der Waals surface area contributed by atoms with E-state index in [2.05, 4.69) is 21.5 Å². The van der Waals surface area contributed by atoms with Crippen molar-refractivity contribution in [2.75, 3.05) is 26.2 Å². The minimum absolute atomic E-state index is 0. The molecule has 1 aliphatic heterocycles. The van der Waals surface area contributed by atoms with E-state index in [1.54, 1.807) is 12.1 Å². The number of rotatable bonds is 5. The molecule has 1 saturated heterocycles. The predicted octanol–water partition coefficient (Wildman–Crippen LogP) is 3.26. The number of benzene rings is 1. The Morgan fingerprint density at radius 3 is 2.19 bits per heavy atom. The fourth-order valence-corrected chi connectivity index (χ4v) is 2.30. The van der Waals surface area contributed by atoms with E-state index in [1.165, 1.54) is 0 Å². The molecule has 0 spiro atoms. The van der Waals surface area contributed by atoms with Crippen molar-refractivity contribution in [2.24, 2.45) is 0 Å². The highest BCUT2D eigenvalue weighted by atomic mass is 35.5. The number of halogens is 4. The van der Waals surface area contributed by atoms with E-state index in [0.29, 0.717) is 0 Å². The zero-order valence-corrected chi connectivity index (χ0v) is 13.1. The second-order valence-electron chi connectivity index (χ2n) is 4.41. The van der Waals surface area contributed by atoms with Crippen LogP contribution in [0.15, 0.2) is 36.9 Å². The molecule has 0 saturated carbocycles. The first kappa shape index (κ1) is 20.1. The highest BCUT2D eigenvalue weighted by molar-refractivity contribution is 5.85. The Hall–Kier alpha value is -0.880. The van der Waals surface area contributed by atoms with Crippen LogP contribution in [-0.4, -0.2) is 37.7 Å². The lowest BCUT2D eigenvalue weighted by molar-refractivity contribution is -0.0498. The summed E-state index contributed by atoms with van der Waals surface area (Å²) >= 11 is 0. The zero-order chi connectivity index (χ0) is 13.7. The third-order valence-electron chi connectivity index (χ3n) is 3.22. The lowest BCUT2D eigenvalue weighted by atomic mass is 10.0. The second-order valence-corrected chi connectivity index (χ2v) is 4.41. The molecular formula is C14H20Cl2F2N2O. The van der Waals surface area contributed by atoms with Crippen LogP contribution in [0.2, 0.25) is 0 Å². The van der Waals surface area contributed by atoms with Gasteiger partial charge in [0.15, 0.2) is 0 Å². The van der Waals surface area contributed by atoms with Crippen LogP contribution in [0.5, 0.6) is 5.75 Å². The summed E-state index contributed by atoms with van der Waals surface area (Å²) in [6, 6.07) is 6.88. The van der Waals surface area contributed by atoms with E-state index < -0.39 is 6.61 Å². The monoisotopic (exact) mass is 340 g/mol. The van der Waals surface area contributed by atoms with Crippen LogP contribution >= 0.6 is 24.8 Å². The summed E-state index contributed by atoms with van der Waals surface area (Å²) in [5.74, 6) is 0.182. The lowest BCUT2D eigenvalue weighted by Gasteiger charge is -2.33. The zero-order valence-electron chi connectivity index (χ0n) is 11.5. The van der Waals surface area contributed by atoms with Gasteiger partial charge >= 0.3 is 6.61 Å². The van der Waals surface area contributed by atoms with Gasteiger partial charge in [-0.2, -0.15) is 8.78 Å². The predicted molar refractivity (Wildman–Crippen MR) is 85.0 cm³/mol. The van der Waals surface area contributed by atoms with Crippen LogP contribution in [0.25, 0.3) is 0 Å². The summed E-state index contributed by atoms with van der Waals surface area (Å²) in [4.78, 5) is 2.31. The third kappa shape index (κ3) is 5.79. The van der Waals surface area contributed by atoms with Gasteiger partial charge in [-0.05, 0) is 17.7 Å². The molecule has 3 nitrogen and oxygen atoms in total. The standard InChI is InChI=1S/C14H18F2N2O.2ClH/c1-2-13(18-9-7-17-8-10-18)11-3-5-12(6-4-11)19-14(15)16;;/h2-6,13-14,17H,1,7-10H2;2*1H/t13-;;/m1../s1. The maximum absolute atomic E-state index is 12.1. The Morgan fingerprint density at radius 2 is 1.71 bits per heavy atom. The molecule has 0 aromatic heterocycles. The molecule has 0 bridgehead atoms. The van der Waals surface area contributed by atoms with E-state index in [0.717, 1.165) is 31.7 Å². The van der Waals surface area contributed by atoms with Gasteiger partial charge < -0.3 is 10.1 Å². The summed E-state index contributed by atoms with van der Waals surface area (Å²) in [5, 5.41) is 3.30. The van der Waals surface area contributed by atoms with Gasteiger partial charge in [-0.15, -0.1) is 31.4 Å². The Balaban J connectivity index is 0.00000200. The Bertz CT molecular complexity index is 412. The van der Waals surface area contributed by atoms with Crippen LogP contribution in [-0.2, 0) is 0 Å². The van der Waals surface area contributed by atoms with Crippen LogP contribution in [0, 0.1) is 0 Å². The molecule has 1 atom stereocenters. The van der Waals surface area contributed by atoms with Crippen molar-refractivity contribution in [3.8, 4) is 5.75 Å². The quantitative estimate of drug-likeness (QED) is 0.832. The van der Waals surface area contributed by atoms with Gasteiger partial charge in [-0.1, -0.05) is 18.2 Å². The van der Waals surface area contributed by atoms with E-state index >= 15 is 0 Å². The summed E-state index contributed by atoms with van der Waals surface area (Å²) < 4.78 is 28.5. The number of ether oxygens (including phenoxy) is 1. The minimum atomic E-state index is -2.78. The first-order valence-corrected chi connectivity index (χ1v) is 6.33. The average Bonchev–Trinajstić information content (AvgIpc) is 2.42. The number of nitrogens with zero attached hydrogens (tertiary/aromatic N) is 1. The maximum Gasteiger partial charge on any atom is 0.387 e. The molecule has 0 amide bonds. The molecule has 0 aliphatic carbocycles. The molecule has 1 fully saturated rings. The largest absolute Gasteiger partial charge is 0.435 e. The molecule has 1 aliphatic rings. The molecular weight excluding hydrogens is 321 g/mol. The van der Waals surface area contributed by atoms with Crippen molar-refractivity contribution in [1.29, 1.82) is 0 Å². The number of piperazine rings is 1. The van der Waals surface area contributed by atoms with Crippen molar-refractivity contribution in [3.63, 3.8) is 0 Å². The van der Waals surface area contributed by atoms with Crippen LogP contribution in [0.3, 0.4) is 0 Å². The second kappa shape index (κ2) is 9.95. The SMILES string of the molecule is C=C[C@H](c1ccc(OC(F)F)cc1)N1CCNCC1.Cl.Cl. The van der Waals surface area contributed by atoms with Gasteiger partial charge in [0, 0.05) is 26.2 Å². The molecule has 1 N–H and O–H groups in total. The van der Waals surface area contributed by atoms with Gasteiger partial charge in [0.1, 0.15) is 5.75 Å². The van der Waals surface area contributed by atoms with Crippen LogP contribution in [0.4, 0.5) is 8.78 Å². The molecule has 1 aromatic carbocycles. The lowest BCUT2D eigenvalue weighted by Crippen LogP contribution is -2.44. The Kier molecular flexibility index (Phi) is 9.53. The normalized spacial score (nSPS) is 16.5.